The van der Waals surface area contributed by atoms with Crippen molar-refractivity contribution in [2.24, 2.45) is 0 Å². The largest absolute Gasteiger partial charge is 0.493 e. The third-order valence-corrected chi connectivity index (χ3v) is 8.16. The summed E-state index contributed by atoms with van der Waals surface area (Å²) in [6.07, 6.45) is 0. The third-order valence-electron chi connectivity index (χ3n) is 7.02. The Morgan fingerprint density at radius 1 is 1.07 bits per heavy atom. The quantitative estimate of drug-likeness (QED) is 0.194. The van der Waals surface area contributed by atoms with Crippen molar-refractivity contribution in [2.45, 2.75) is 26.5 Å². The van der Waals surface area contributed by atoms with Crippen LogP contribution in [0.15, 0.2) is 75.9 Å². The summed E-state index contributed by atoms with van der Waals surface area (Å²) in [6, 6.07) is 17.2. The lowest BCUT2D eigenvalue weighted by atomic mass is 9.98. The SMILES string of the molecule is CCOC(=O)c1sc(N2C(=O)c3oc4ccc(F)cc4c(=O)c3C2c2ccc(OCc3ccccc3)c(OC)c2)nc1C. The van der Waals surface area contributed by atoms with Crippen LogP contribution in [0.5, 0.6) is 11.5 Å². The number of amides is 1. The number of methoxy groups -OCH3 is 1. The van der Waals surface area contributed by atoms with Crippen molar-refractivity contribution in [2.75, 3.05) is 18.6 Å². The molecular weight excluding hydrogens is 575 g/mol. The fourth-order valence-corrected chi connectivity index (χ4v) is 6.03. The number of hydrogen-bond donors (Lipinski definition) is 0. The van der Waals surface area contributed by atoms with Crippen LogP contribution in [0.4, 0.5) is 9.52 Å². The zero-order valence-electron chi connectivity index (χ0n) is 23.4. The number of fused-ring (bicyclic) bond motifs is 2. The van der Waals surface area contributed by atoms with E-state index in [0.717, 1.165) is 29.0 Å². The van der Waals surface area contributed by atoms with Crippen LogP contribution in [0, 0.1) is 12.7 Å². The van der Waals surface area contributed by atoms with Gasteiger partial charge in [0.2, 0.25) is 5.76 Å². The maximum atomic E-state index is 14.2. The molecule has 218 valence electrons. The first-order valence-electron chi connectivity index (χ1n) is 13.4. The third kappa shape index (κ3) is 5.01. The summed E-state index contributed by atoms with van der Waals surface area (Å²) in [4.78, 5) is 46.5. The first kappa shape index (κ1) is 28.1. The van der Waals surface area contributed by atoms with Crippen molar-refractivity contribution in [3.63, 3.8) is 0 Å². The van der Waals surface area contributed by atoms with E-state index < -0.39 is 29.2 Å². The molecule has 0 saturated heterocycles. The Balaban J connectivity index is 1.49. The van der Waals surface area contributed by atoms with Gasteiger partial charge in [0, 0.05) is 0 Å². The molecule has 0 bridgehead atoms. The Hall–Kier alpha value is -5.03. The highest BCUT2D eigenvalue weighted by atomic mass is 32.1. The number of thiazole rings is 1. The van der Waals surface area contributed by atoms with Crippen LogP contribution in [0.2, 0.25) is 0 Å². The van der Waals surface area contributed by atoms with Crippen LogP contribution < -0.4 is 19.8 Å². The van der Waals surface area contributed by atoms with Crippen LogP contribution in [0.25, 0.3) is 11.0 Å². The van der Waals surface area contributed by atoms with Crippen molar-refractivity contribution in [1.29, 1.82) is 0 Å². The van der Waals surface area contributed by atoms with E-state index in [1.54, 1.807) is 32.0 Å². The molecule has 43 heavy (non-hydrogen) atoms. The zero-order chi connectivity index (χ0) is 30.2. The second kappa shape index (κ2) is 11.3. The number of nitrogens with zero attached hydrogens (tertiary/aromatic N) is 2. The first-order valence-corrected chi connectivity index (χ1v) is 14.2. The number of halogens is 1. The highest BCUT2D eigenvalue weighted by Crippen LogP contribution is 2.45. The van der Waals surface area contributed by atoms with E-state index in [2.05, 4.69) is 4.98 Å². The van der Waals surface area contributed by atoms with Gasteiger partial charge in [-0.2, -0.15) is 0 Å². The smallest absolute Gasteiger partial charge is 0.350 e. The van der Waals surface area contributed by atoms with E-state index in [1.165, 1.54) is 18.1 Å². The fourth-order valence-electron chi connectivity index (χ4n) is 5.04. The van der Waals surface area contributed by atoms with Gasteiger partial charge >= 0.3 is 5.97 Å². The number of aromatic nitrogens is 1. The van der Waals surface area contributed by atoms with Gasteiger partial charge in [-0.25, -0.2) is 14.2 Å². The summed E-state index contributed by atoms with van der Waals surface area (Å²) < 4.78 is 36.9. The molecule has 2 aromatic heterocycles. The first-order chi connectivity index (χ1) is 20.8. The highest BCUT2D eigenvalue weighted by molar-refractivity contribution is 7.17. The Morgan fingerprint density at radius 3 is 2.60 bits per heavy atom. The van der Waals surface area contributed by atoms with E-state index in [-0.39, 0.29) is 38.9 Å². The Bertz CT molecular complexity index is 1940. The average molecular weight is 601 g/mol. The standard InChI is InChI=1S/C32H25FN2O7S/c1-4-40-31(38)29-17(2)34-32(43-29)35-26(25-27(36)21-15-20(33)11-13-22(21)42-28(25)30(35)37)19-10-12-23(24(14-19)39-3)41-16-18-8-6-5-7-9-18/h5-15,26H,4,16H2,1-3H3. The number of anilines is 1. The highest BCUT2D eigenvalue weighted by Gasteiger charge is 2.45. The van der Waals surface area contributed by atoms with Gasteiger partial charge in [0.25, 0.3) is 5.91 Å². The maximum absolute atomic E-state index is 14.2. The molecule has 0 aliphatic carbocycles. The molecule has 5 aromatic rings. The molecule has 3 heterocycles. The lowest BCUT2D eigenvalue weighted by molar-refractivity contribution is 0.0531. The summed E-state index contributed by atoms with van der Waals surface area (Å²) in [6.45, 7) is 3.79. The summed E-state index contributed by atoms with van der Waals surface area (Å²) in [5, 5.41) is 0.163. The molecule has 0 radical (unpaired) electrons. The van der Waals surface area contributed by atoms with Crippen molar-refractivity contribution >= 4 is 39.3 Å². The topological polar surface area (TPSA) is 108 Å². The number of hydrogen-bond acceptors (Lipinski definition) is 9. The van der Waals surface area contributed by atoms with E-state index in [0.29, 0.717) is 29.4 Å². The summed E-state index contributed by atoms with van der Waals surface area (Å²) in [5.41, 5.74) is 1.36. The fraction of sp³-hybridized carbons (Fsp3) is 0.188. The van der Waals surface area contributed by atoms with Gasteiger partial charge in [0.05, 0.1) is 36.4 Å². The molecule has 1 atom stereocenters. The Kier molecular flexibility index (Phi) is 7.41. The molecule has 1 aliphatic heterocycles. The van der Waals surface area contributed by atoms with Gasteiger partial charge in [0.15, 0.2) is 22.1 Å². The van der Waals surface area contributed by atoms with E-state index in [9.17, 15) is 18.8 Å². The normalized spacial score (nSPS) is 14.2. The molecule has 0 N–H and O–H groups in total. The van der Waals surface area contributed by atoms with Crippen molar-refractivity contribution < 1.29 is 32.6 Å². The molecule has 0 fully saturated rings. The minimum atomic E-state index is -1.02. The Labute approximate surface area is 249 Å². The minimum Gasteiger partial charge on any atom is -0.493 e. The number of ether oxygens (including phenoxy) is 3. The van der Waals surface area contributed by atoms with E-state index in [4.69, 9.17) is 18.6 Å². The Morgan fingerprint density at radius 2 is 1.86 bits per heavy atom. The zero-order valence-corrected chi connectivity index (χ0v) is 24.2. The van der Waals surface area contributed by atoms with Gasteiger partial charge < -0.3 is 18.6 Å². The number of carbonyl (C=O) groups is 2. The van der Waals surface area contributed by atoms with Gasteiger partial charge in [-0.15, -0.1) is 0 Å². The number of benzene rings is 3. The van der Waals surface area contributed by atoms with Crippen LogP contribution >= 0.6 is 11.3 Å². The summed E-state index contributed by atoms with van der Waals surface area (Å²) in [7, 11) is 1.49. The van der Waals surface area contributed by atoms with Gasteiger partial charge in [-0.1, -0.05) is 47.7 Å². The number of carbonyl (C=O) groups excluding carboxylic acids is 2. The van der Waals surface area contributed by atoms with Crippen LogP contribution in [-0.4, -0.2) is 30.6 Å². The molecule has 0 spiro atoms. The van der Waals surface area contributed by atoms with Gasteiger partial charge in [0.1, 0.15) is 22.9 Å². The predicted octanol–water partition coefficient (Wildman–Crippen LogP) is 6.21. The second-order valence-corrected chi connectivity index (χ2v) is 10.7. The van der Waals surface area contributed by atoms with Crippen molar-refractivity contribution in [1.82, 2.24) is 4.98 Å². The van der Waals surface area contributed by atoms with Crippen molar-refractivity contribution in [3.05, 3.63) is 116 Å². The summed E-state index contributed by atoms with van der Waals surface area (Å²) in [5.74, 6) is -1.18. The molecule has 1 amide bonds. The van der Waals surface area contributed by atoms with Gasteiger partial charge in [-0.3, -0.25) is 14.5 Å². The van der Waals surface area contributed by atoms with Crippen molar-refractivity contribution in [3.8, 4) is 11.5 Å². The number of aryl methyl sites for hydroxylation is 1. The van der Waals surface area contributed by atoms with Gasteiger partial charge in [-0.05, 0) is 55.3 Å². The monoisotopic (exact) mass is 600 g/mol. The summed E-state index contributed by atoms with van der Waals surface area (Å²) >= 11 is 0.969. The average Bonchev–Trinajstić information content (AvgIpc) is 3.54. The van der Waals surface area contributed by atoms with Crippen LogP contribution in [-0.2, 0) is 11.3 Å². The lowest BCUT2D eigenvalue weighted by Gasteiger charge is -2.23. The molecule has 3 aromatic carbocycles. The lowest BCUT2D eigenvalue weighted by Crippen LogP contribution is -2.29. The predicted molar refractivity (Wildman–Crippen MR) is 158 cm³/mol. The number of rotatable bonds is 8. The molecular formula is C32H25FN2O7S. The molecule has 6 rings (SSSR count). The molecule has 1 unspecified atom stereocenters. The molecule has 9 nitrogen and oxygen atoms in total. The maximum Gasteiger partial charge on any atom is 0.350 e. The second-order valence-electron chi connectivity index (χ2n) is 9.71. The van der Waals surface area contributed by atoms with E-state index >= 15 is 0 Å². The van der Waals surface area contributed by atoms with Crippen LogP contribution in [0.3, 0.4) is 0 Å². The van der Waals surface area contributed by atoms with E-state index in [1.807, 2.05) is 30.3 Å². The number of esters is 1. The molecule has 11 heteroatoms. The molecule has 0 saturated carbocycles. The minimum absolute atomic E-state index is 0.00397. The molecule has 1 aliphatic rings. The van der Waals surface area contributed by atoms with Crippen LogP contribution in [0.1, 0.15) is 55.6 Å².